The van der Waals surface area contributed by atoms with Crippen LogP contribution in [0.4, 0.5) is 11.4 Å². The third-order valence-electron chi connectivity index (χ3n) is 5.34. The summed E-state index contributed by atoms with van der Waals surface area (Å²) in [7, 11) is -3.99. The lowest BCUT2D eigenvalue weighted by Crippen LogP contribution is -2.38. The van der Waals surface area contributed by atoms with Crippen LogP contribution in [0, 0.1) is 13.8 Å². The molecule has 0 bridgehead atoms. The van der Waals surface area contributed by atoms with E-state index in [0.717, 1.165) is 33.1 Å². The van der Waals surface area contributed by atoms with Crippen LogP contribution in [-0.4, -0.2) is 27.5 Å². The van der Waals surface area contributed by atoms with Gasteiger partial charge in [-0.1, -0.05) is 42.8 Å². The Morgan fingerprint density at radius 1 is 0.939 bits per heavy atom. The highest BCUT2D eigenvalue weighted by molar-refractivity contribution is 7.92. The van der Waals surface area contributed by atoms with Crippen molar-refractivity contribution in [2.45, 2.75) is 39.0 Å². The van der Waals surface area contributed by atoms with Crippen molar-refractivity contribution >= 4 is 27.3 Å². The van der Waals surface area contributed by atoms with Crippen molar-refractivity contribution in [3.8, 4) is 5.75 Å². The number of carbonyl (C=O) groups excluding carboxylic acids is 1. The number of rotatable bonds is 9. The highest BCUT2D eigenvalue weighted by Crippen LogP contribution is 2.26. The summed E-state index contributed by atoms with van der Waals surface area (Å²) in [6.07, 6.45) is 0.753. The average Bonchev–Trinajstić information content (AvgIpc) is 2.80. The molecule has 0 saturated carbocycles. The molecule has 0 atom stereocenters. The highest BCUT2D eigenvalue weighted by Gasteiger charge is 2.27. The van der Waals surface area contributed by atoms with E-state index >= 15 is 0 Å². The van der Waals surface area contributed by atoms with Crippen LogP contribution < -0.4 is 14.4 Å². The molecular weight excluding hydrogens is 436 g/mol. The van der Waals surface area contributed by atoms with E-state index < -0.39 is 15.9 Å². The fourth-order valence-electron chi connectivity index (χ4n) is 3.54. The van der Waals surface area contributed by atoms with Gasteiger partial charge in [0.2, 0.25) is 5.91 Å². The van der Waals surface area contributed by atoms with E-state index in [1.807, 2.05) is 58.0 Å². The molecule has 3 aromatic rings. The second-order valence-corrected chi connectivity index (χ2v) is 9.62. The van der Waals surface area contributed by atoms with Crippen LogP contribution in [0.1, 0.15) is 30.5 Å². The first kappa shape index (κ1) is 24.3. The molecule has 0 saturated heterocycles. The van der Waals surface area contributed by atoms with Gasteiger partial charge in [-0.05, 0) is 74.7 Å². The summed E-state index contributed by atoms with van der Waals surface area (Å²) in [5, 5.41) is 2.93. The minimum atomic E-state index is -3.99. The van der Waals surface area contributed by atoms with Crippen LogP contribution in [0.15, 0.2) is 71.6 Å². The summed E-state index contributed by atoms with van der Waals surface area (Å²) < 4.78 is 33.7. The summed E-state index contributed by atoms with van der Waals surface area (Å²) in [6.45, 7) is 7.85. The third-order valence-corrected chi connectivity index (χ3v) is 7.12. The molecular formula is C26H30N2O4S. The fourth-order valence-corrected chi connectivity index (χ4v) is 4.96. The van der Waals surface area contributed by atoms with Crippen molar-refractivity contribution in [3.05, 3.63) is 83.4 Å². The largest absolute Gasteiger partial charge is 0.494 e. The number of anilines is 2. The number of benzene rings is 3. The lowest BCUT2D eigenvalue weighted by molar-refractivity contribution is -0.114. The van der Waals surface area contributed by atoms with E-state index in [1.54, 1.807) is 24.3 Å². The Morgan fingerprint density at radius 2 is 1.61 bits per heavy atom. The molecule has 0 unspecified atom stereocenters. The molecule has 1 N–H and O–H groups in total. The van der Waals surface area contributed by atoms with Crippen LogP contribution in [0.2, 0.25) is 0 Å². The molecule has 7 heteroatoms. The maximum absolute atomic E-state index is 13.6. The molecule has 0 spiro atoms. The standard InChI is InChI=1S/C26H30N2O4S/c1-5-21-9-7-8-20(4)26(21)27-25(29)18-28(22-12-10-19(3)11-13-22)33(30,31)24-16-14-23(15-17-24)32-6-2/h7-17H,5-6,18H2,1-4H3,(H,27,29). The molecule has 0 aliphatic rings. The highest BCUT2D eigenvalue weighted by atomic mass is 32.2. The van der Waals surface area contributed by atoms with Gasteiger partial charge in [0, 0.05) is 5.69 Å². The van der Waals surface area contributed by atoms with Crippen LogP contribution in [-0.2, 0) is 21.2 Å². The number of ether oxygens (including phenoxy) is 1. The van der Waals surface area contributed by atoms with Crippen LogP contribution in [0.5, 0.6) is 5.75 Å². The van der Waals surface area contributed by atoms with Crippen molar-refractivity contribution < 1.29 is 17.9 Å². The lowest BCUT2D eigenvalue weighted by atomic mass is 10.1. The number of para-hydroxylation sites is 1. The van der Waals surface area contributed by atoms with E-state index in [-0.39, 0.29) is 11.4 Å². The van der Waals surface area contributed by atoms with Gasteiger partial charge >= 0.3 is 0 Å². The number of sulfonamides is 1. The van der Waals surface area contributed by atoms with Gasteiger partial charge in [-0.15, -0.1) is 0 Å². The molecule has 0 radical (unpaired) electrons. The summed E-state index contributed by atoms with van der Waals surface area (Å²) in [5.41, 5.74) is 4.07. The predicted molar refractivity (Wildman–Crippen MR) is 133 cm³/mol. The Morgan fingerprint density at radius 3 is 2.21 bits per heavy atom. The smallest absolute Gasteiger partial charge is 0.264 e. The Labute approximate surface area is 196 Å². The summed E-state index contributed by atoms with van der Waals surface area (Å²) >= 11 is 0. The number of carbonyl (C=O) groups is 1. The van der Waals surface area contributed by atoms with Gasteiger partial charge in [-0.25, -0.2) is 8.42 Å². The first-order valence-electron chi connectivity index (χ1n) is 11.0. The average molecular weight is 467 g/mol. The van der Waals surface area contributed by atoms with E-state index in [1.165, 1.54) is 12.1 Å². The first-order chi connectivity index (χ1) is 15.8. The summed E-state index contributed by atoms with van der Waals surface area (Å²) in [6, 6.07) is 19.1. The van der Waals surface area contributed by atoms with E-state index in [2.05, 4.69) is 5.32 Å². The zero-order chi connectivity index (χ0) is 24.0. The lowest BCUT2D eigenvalue weighted by Gasteiger charge is -2.25. The van der Waals surface area contributed by atoms with E-state index in [9.17, 15) is 13.2 Å². The van der Waals surface area contributed by atoms with E-state index in [4.69, 9.17) is 4.74 Å². The van der Waals surface area contributed by atoms with Crippen molar-refractivity contribution in [3.63, 3.8) is 0 Å². The number of hydrogen-bond acceptors (Lipinski definition) is 4. The second kappa shape index (κ2) is 10.5. The van der Waals surface area contributed by atoms with Gasteiger partial charge in [-0.3, -0.25) is 9.10 Å². The molecule has 3 aromatic carbocycles. The Kier molecular flexibility index (Phi) is 7.76. The number of aryl methyl sites for hydroxylation is 3. The molecule has 1 amide bonds. The Hall–Kier alpha value is -3.32. The Balaban J connectivity index is 1.95. The predicted octanol–water partition coefficient (Wildman–Crippen LogP) is 5.10. The monoisotopic (exact) mass is 466 g/mol. The normalized spacial score (nSPS) is 11.2. The summed E-state index contributed by atoms with van der Waals surface area (Å²) in [4.78, 5) is 13.2. The number of hydrogen-bond donors (Lipinski definition) is 1. The minimum absolute atomic E-state index is 0.0875. The Bertz CT molecular complexity index is 1200. The quantitative estimate of drug-likeness (QED) is 0.476. The van der Waals surface area contributed by atoms with E-state index in [0.29, 0.717) is 18.0 Å². The van der Waals surface area contributed by atoms with Gasteiger partial charge in [-0.2, -0.15) is 0 Å². The van der Waals surface area contributed by atoms with Crippen LogP contribution in [0.3, 0.4) is 0 Å². The maximum atomic E-state index is 13.6. The zero-order valence-electron chi connectivity index (χ0n) is 19.5. The zero-order valence-corrected chi connectivity index (χ0v) is 20.3. The van der Waals surface area contributed by atoms with Gasteiger partial charge < -0.3 is 10.1 Å². The fraction of sp³-hybridized carbons (Fsp3) is 0.269. The second-order valence-electron chi connectivity index (χ2n) is 7.76. The summed E-state index contributed by atoms with van der Waals surface area (Å²) in [5.74, 6) is 0.178. The van der Waals surface area contributed by atoms with Crippen LogP contribution >= 0.6 is 0 Å². The maximum Gasteiger partial charge on any atom is 0.264 e. The van der Waals surface area contributed by atoms with Crippen molar-refractivity contribution in [1.29, 1.82) is 0 Å². The first-order valence-corrected chi connectivity index (χ1v) is 12.4. The molecule has 6 nitrogen and oxygen atoms in total. The molecule has 33 heavy (non-hydrogen) atoms. The van der Waals surface area contributed by atoms with Gasteiger partial charge in [0.25, 0.3) is 10.0 Å². The number of nitrogens with zero attached hydrogens (tertiary/aromatic N) is 1. The van der Waals surface area contributed by atoms with Crippen molar-refractivity contribution in [2.75, 3.05) is 22.8 Å². The van der Waals surface area contributed by atoms with Crippen molar-refractivity contribution in [2.24, 2.45) is 0 Å². The molecule has 0 fully saturated rings. The number of nitrogens with one attached hydrogen (secondary N) is 1. The molecule has 0 heterocycles. The van der Waals surface area contributed by atoms with Crippen molar-refractivity contribution in [1.82, 2.24) is 0 Å². The SMILES string of the molecule is CCOc1ccc(S(=O)(=O)N(CC(=O)Nc2c(C)cccc2CC)c2ccc(C)cc2)cc1. The molecule has 174 valence electrons. The van der Waals surface area contributed by atoms with Gasteiger partial charge in [0.1, 0.15) is 12.3 Å². The third kappa shape index (κ3) is 5.73. The molecule has 0 aromatic heterocycles. The molecule has 0 aliphatic heterocycles. The topological polar surface area (TPSA) is 75.7 Å². The van der Waals surface area contributed by atoms with Gasteiger partial charge in [0.05, 0.1) is 17.2 Å². The number of amides is 1. The molecule has 0 aliphatic carbocycles. The van der Waals surface area contributed by atoms with Crippen LogP contribution in [0.25, 0.3) is 0 Å². The minimum Gasteiger partial charge on any atom is -0.494 e. The van der Waals surface area contributed by atoms with Gasteiger partial charge in [0.15, 0.2) is 0 Å². The molecule has 3 rings (SSSR count).